The van der Waals surface area contributed by atoms with Gasteiger partial charge in [0.05, 0.1) is 17.4 Å². The van der Waals surface area contributed by atoms with Gasteiger partial charge in [0, 0.05) is 44.3 Å². The molecular weight excluding hydrogens is 582 g/mol. The van der Waals surface area contributed by atoms with Crippen LogP contribution in [0.2, 0.25) is 5.02 Å². The largest absolute Gasteiger partial charge is 0.379 e. The summed E-state index contributed by atoms with van der Waals surface area (Å²) in [7, 11) is -3.97. The molecule has 4 saturated heterocycles. The number of carbonyl (C=O) groups excluding carboxylic acids is 3. The number of piperidine rings is 3. The molecule has 42 heavy (non-hydrogen) atoms. The normalized spacial score (nSPS) is 28.4. The maximum atomic E-state index is 13.3. The highest BCUT2D eigenvalue weighted by Gasteiger charge is 2.41. The van der Waals surface area contributed by atoms with E-state index in [4.69, 9.17) is 11.6 Å². The van der Waals surface area contributed by atoms with Crippen LogP contribution in [0.4, 0.5) is 0 Å². The van der Waals surface area contributed by atoms with Gasteiger partial charge in [0.25, 0.3) is 0 Å². The first kappa shape index (κ1) is 29.3. The van der Waals surface area contributed by atoms with Crippen molar-refractivity contribution in [3.63, 3.8) is 0 Å². The number of fused-ring (bicyclic) bond motifs is 3. The second-order valence-electron chi connectivity index (χ2n) is 12.1. The zero-order valence-corrected chi connectivity index (χ0v) is 24.8. The lowest BCUT2D eigenvalue weighted by Crippen LogP contribution is -2.59. The molecule has 6 rings (SSSR count). The summed E-state index contributed by atoms with van der Waals surface area (Å²) in [6.45, 7) is 2.99. The SMILES string of the molecule is O=C(CN1CCC[C@H](NS(=O)(=O)c2ccc3cc(Cl)ccc3c2)C1=O)N1CC2CC(C1)CN(C(=O)C1CNC(O)C1)C2. The number of aliphatic hydroxyl groups excluding tert-OH is 1. The number of carbonyl (C=O) groups is 3. The van der Waals surface area contributed by atoms with Crippen molar-refractivity contribution in [2.24, 2.45) is 17.8 Å². The van der Waals surface area contributed by atoms with Gasteiger partial charge in [-0.15, -0.1) is 0 Å². The van der Waals surface area contributed by atoms with E-state index in [0.717, 1.165) is 17.2 Å². The standard InChI is InChI=1S/C29H36ClN5O6S/c30-23-5-3-21-10-24(6-4-20(21)9-23)42(40,41)32-25-2-1-7-33(29(25)39)17-27(37)34-13-18-8-19(14-34)16-35(15-18)28(38)22-11-26(36)31-12-22/h3-6,9-10,18-19,22,25-26,31-32,36H,1-2,7-8,11-17H2/t18?,19?,22?,25-,26?/m0/s1. The number of sulfonamides is 1. The number of amides is 3. The van der Waals surface area contributed by atoms with Crippen LogP contribution in [0.15, 0.2) is 41.3 Å². The number of hydrogen-bond donors (Lipinski definition) is 3. The van der Waals surface area contributed by atoms with Crippen molar-refractivity contribution in [3.8, 4) is 0 Å². The van der Waals surface area contributed by atoms with Gasteiger partial charge < -0.3 is 19.8 Å². The zero-order chi connectivity index (χ0) is 29.6. The quantitative estimate of drug-likeness (QED) is 0.439. The lowest BCUT2D eigenvalue weighted by molar-refractivity contribution is -0.147. The van der Waals surface area contributed by atoms with E-state index < -0.39 is 28.2 Å². The van der Waals surface area contributed by atoms with E-state index >= 15 is 0 Å². The van der Waals surface area contributed by atoms with Crippen LogP contribution in [0.3, 0.4) is 0 Å². The predicted octanol–water partition coefficient (Wildman–Crippen LogP) is 0.997. The molecule has 5 atom stereocenters. The predicted molar refractivity (Wildman–Crippen MR) is 156 cm³/mol. The average Bonchev–Trinajstić information content (AvgIpc) is 3.39. The van der Waals surface area contributed by atoms with Crippen LogP contribution in [0.5, 0.6) is 0 Å². The summed E-state index contributed by atoms with van der Waals surface area (Å²) in [4.78, 5) is 44.8. The topological polar surface area (TPSA) is 139 Å². The second-order valence-corrected chi connectivity index (χ2v) is 14.2. The number of likely N-dealkylation sites (tertiary alicyclic amines) is 3. The number of hydrogen-bond acceptors (Lipinski definition) is 7. The number of nitrogens with one attached hydrogen (secondary N) is 2. The summed E-state index contributed by atoms with van der Waals surface area (Å²) in [6, 6.07) is 8.98. The molecule has 0 radical (unpaired) electrons. The molecule has 0 saturated carbocycles. The Balaban J connectivity index is 1.05. The first-order valence-corrected chi connectivity index (χ1v) is 16.4. The molecule has 2 bridgehead atoms. The molecule has 0 aromatic heterocycles. The number of aliphatic hydroxyl groups is 1. The van der Waals surface area contributed by atoms with Crippen LogP contribution in [0.25, 0.3) is 10.8 Å². The van der Waals surface area contributed by atoms with E-state index in [9.17, 15) is 27.9 Å². The second kappa shape index (κ2) is 11.7. The lowest BCUT2D eigenvalue weighted by atomic mass is 9.84. The first-order valence-electron chi connectivity index (χ1n) is 14.5. The van der Waals surface area contributed by atoms with Crippen molar-refractivity contribution in [3.05, 3.63) is 41.4 Å². The van der Waals surface area contributed by atoms with Crippen molar-refractivity contribution < 1.29 is 27.9 Å². The van der Waals surface area contributed by atoms with E-state index in [1.165, 1.54) is 11.0 Å². The van der Waals surface area contributed by atoms with Gasteiger partial charge in [-0.3, -0.25) is 19.7 Å². The highest BCUT2D eigenvalue weighted by atomic mass is 35.5. The number of nitrogens with zero attached hydrogens (tertiary/aromatic N) is 3. The molecule has 3 N–H and O–H groups in total. The van der Waals surface area contributed by atoms with Crippen molar-refractivity contribution >= 4 is 50.1 Å². The van der Waals surface area contributed by atoms with E-state index in [2.05, 4.69) is 10.0 Å². The van der Waals surface area contributed by atoms with Gasteiger partial charge in [-0.25, -0.2) is 8.42 Å². The average molecular weight is 618 g/mol. The smallest absolute Gasteiger partial charge is 0.242 e. The summed E-state index contributed by atoms with van der Waals surface area (Å²) in [6.07, 6.45) is 1.68. The van der Waals surface area contributed by atoms with E-state index in [1.54, 1.807) is 35.2 Å². The molecule has 4 aliphatic heterocycles. The van der Waals surface area contributed by atoms with E-state index in [1.807, 2.05) is 4.90 Å². The van der Waals surface area contributed by atoms with E-state index in [-0.39, 0.29) is 41.0 Å². The van der Waals surface area contributed by atoms with Gasteiger partial charge in [0.2, 0.25) is 27.7 Å². The number of halogens is 1. The maximum absolute atomic E-state index is 13.3. The third-order valence-corrected chi connectivity index (χ3v) is 10.6. The Labute approximate surface area is 250 Å². The first-order chi connectivity index (χ1) is 20.1. The van der Waals surface area contributed by atoms with Crippen LogP contribution in [-0.4, -0.2) is 104 Å². The summed E-state index contributed by atoms with van der Waals surface area (Å²) in [5, 5.41) is 14.7. The van der Waals surface area contributed by atoms with Crippen molar-refractivity contribution in [2.75, 3.05) is 45.8 Å². The van der Waals surface area contributed by atoms with Gasteiger partial charge in [0.15, 0.2) is 0 Å². The Morgan fingerprint density at radius 2 is 1.69 bits per heavy atom. The zero-order valence-electron chi connectivity index (χ0n) is 23.2. The third-order valence-electron chi connectivity index (χ3n) is 8.94. The Morgan fingerprint density at radius 3 is 2.40 bits per heavy atom. The minimum absolute atomic E-state index is 0.0612. The van der Waals surface area contributed by atoms with Gasteiger partial charge in [-0.2, -0.15) is 4.72 Å². The molecule has 3 amide bonds. The lowest BCUT2D eigenvalue weighted by Gasteiger charge is -2.46. The summed E-state index contributed by atoms with van der Waals surface area (Å²) < 4.78 is 29.0. The fourth-order valence-electron chi connectivity index (χ4n) is 6.91. The molecule has 4 fully saturated rings. The molecule has 2 aromatic carbocycles. The highest BCUT2D eigenvalue weighted by Crippen LogP contribution is 2.31. The van der Waals surface area contributed by atoms with Crippen LogP contribution >= 0.6 is 11.6 Å². The summed E-state index contributed by atoms with van der Waals surface area (Å²) in [5.74, 6) is -0.371. The van der Waals surface area contributed by atoms with Crippen molar-refractivity contribution in [1.29, 1.82) is 0 Å². The van der Waals surface area contributed by atoms with Gasteiger partial charge >= 0.3 is 0 Å². The molecular formula is C29H36ClN5O6S. The van der Waals surface area contributed by atoms with Crippen LogP contribution in [0, 0.1) is 17.8 Å². The Hall–Kier alpha value is -2.77. The monoisotopic (exact) mass is 617 g/mol. The van der Waals surface area contributed by atoms with Gasteiger partial charge in [0.1, 0.15) is 12.3 Å². The highest BCUT2D eigenvalue weighted by molar-refractivity contribution is 7.89. The molecule has 13 heteroatoms. The molecule has 11 nitrogen and oxygen atoms in total. The minimum atomic E-state index is -3.97. The van der Waals surface area contributed by atoms with Crippen LogP contribution < -0.4 is 10.0 Å². The maximum Gasteiger partial charge on any atom is 0.242 e. The van der Waals surface area contributed by atoms with Crippen LogP contribution in [0.1, 0.15) is 25.7 Å². The van der Waals surface area contributed by atoms with Gasteiger partial charge in [-0.1, -0.05) is 23.7 Å². The summed E-state index contributed by atoms with van der Waals surface area (Å²) in [5.41, 5.74) is 0. The van der Waals surface area contributed by atoms with Crippen molar-refractivity contribution in [2.45, 2.75) is 42.8 Å². The Morgan fingerprint density at radius 1 is 1.00 bits per heavy atom. The van der Waals surface area contributed by atoms with Crippen LogP contribution in [-0.2, 0) is 24.4 Å². The molecule has 2 aromatic rings. The molecule has 4 aliphatic rings. The molecule has 4 heterocycles. The fourth-order valence-corrected chi connectivity index (χ4v) is 8.35. The minimum Gasteiger partial charge on any atom is -0.379 e. The van der Waals surface area contributed by atoms with Crippen molar-refractivity contribution in [1.82, 2.24) is 24.7 Å². The van der Waals surface area contributed by atoms with E-state index in [0.29, 0.717) is 63.6 Å². The molecule has 4 unspecified atom stereocenters. The summed E-state index contributed by atoms with van der Waals surface area (Å²) >= 11 is 6.04. The molecule has 0 spiro atoms. The number of rotatable bonds is 6. The number of benzene rings is 2. The fraction of sp³-hybridized carbons (Fsp3) is 0.552. The Bertz CT molecular complexity index is 1490. The Kier molecular flexibility index (Phi) is 8.18. The molecule has 226 valence electrons. The molecule has 0 aliphatic carbocycles. The third kappa shape index (κ3) is 6.14. The van der Waals surface area contributed by atoms with Gasteiger partial charge in [-0.05, 0) is 72.6 Å².